The molecule has 5 nitrogen and oxygen atoms in total. The van der Waals surface area contributed by atoms with Gasteiger partial charge in [-0.2, -0.15) is 10.4 Å². The lowest BCUT2D eigenvalue weighted by Gasteiger charge is -2.04. The van der Waals surface area contributed by atoms with Gasteiger partial charge in [0.25, 0.3) is 0 Å². The smallest absolute Gasteiger partial charge is 0.223 e. The Kier molecular flexibility index (Phi) is 5.12. The predicted octanol–water partition coefficient (Wildman–Crippen LogP) is 3.52. The van der Waals surface area contributed by atoms with Crippen molar-refractivity contribution in [1.29, 1.82) is 5.26 Å². The summed E-state index contributed by atoms with van der Waals surface area (Å²) in [6.07, 6.45) is 0. The van der Waals surface area contributed by atoms with Crippen LogP contribution in [0, 0.1) is 11.3 Å². The van der Waals surface area contributed by atoms with Crippen LogP contribution in [-0.4, -0.2) is 18.6 Å². The summed E-state index contributed by atoms with van der Waals surface area (Å²) in [4.78, 5) is 12.2. The number of methoxy groups -OCH3 is 1. The van der Waals surface area contributed by atoms with Gasteiger partial charge in [0, 0.05) is 5.56 Å². The number of nitriles is 1. The number of carbonyl (C=O) groups excluding carboxylic acids is 1. The van der Waals surface area contributed by atoms with Crippen molar-refractivity contribution < 1.29 is 9.53 Å². The first-order valence-corrected chi connectivity index (χ1v) is 6.70. The van der Waals surface area contributed by atoms with E-state index in [-0.39, 0.29) is 5.71 Å². The molecule has 6 heteroatoms. The molecule has 0 spiro atoms. The van der Waals surface area contributed by atoms with Crippen molar-refractivity contribution >= 4 is 28.8 Å². The van der Waals surface area contributed by atoms with Crippen molar-refractivity contribution in [2.75, 3.05) is 12.5 Å². The van der Waals surface area contributed by atoms with E-state index in [2.05, 4.69) is 10.5 Å². The number of para-hydroxylation sites is 1. The molecule has 1 N–H and O–H groups in total. The Morgan fingerprint density at radius 2 is 1.91 bits per heavy atom. The van der Waals surface area contributed by atoms with Gasteiger partial charge in [-0.25, -0.2) is 0 Å². The van der Waals surface area contributed by atoms with Gasteiger partial charge in [-0.1, -0.05) is 23.7 Å². The zero-order valence-corrected chi connectivity index (χ0v) is 12.5. The molecule has 0 radical (unpaired) electrons. The lowest BCUT2D eigenvalue weighted by Crippen LogP contribution is -2.14. The second-order valence-corrected chi connectivity index (χ2v) is 4.63. The average Bonchev–Trinajstić information content (AvgIpc) is 2.56. The zero-order valence-electron chi connectivity index (χ0n) is 11.7. The fourth-order valence-corrected chi connectivity index (χ4v) is 1.85. The molecule has 0 aromatic heterocycles. The first-order valence-electron chi connectivity index (χ1n) is 6.33. The third kappa shape index (κ3) is 3.62. The Hall–Kier alpha value is -2.84. The van der Waals surface area contributed by atoms with Crippen LogP contribution < -0.4 is 10.2 Å². The molecule has 0 unspecified atom stereocenters. The van der Waals surface area contributed by atoms with E-state index in [0.29, 0.717) is 22.0 Å². The highest BCUT2D eigenvalue weighted by Gasteiger charge is 2.14. The van der Waals surface area contributed by atoms with Gasteiger partial charge >= 0.3 is 0 Å². The number of nitrogens with one attached hydrogen (secondary N) is 1. The number of halogens is 1. The zero-order chi connectivity index (χ0) is 15.9. The van der Waals surface area contributed by atoms with Gasteiger partial charge in [-0.05, 0) is 36.4 Å². The monoisotopic (exact) mass is 313 g/mol. The van der Waals surface area contributed by atoms with E-state index >= 15 is 0 Å². The minimum atomic E-state index is -0.482. The Bertz CT molecular complexity index is 749. The van der Waals surface area contributed by atoms with Gasteiger partial charge < -0.3 is 4.74 Å². The summed E-state index contributed by atoms with van der Waals surface area (Å²) >= 11 is 5.97. The summed E-state index contributed by atoms with van der Waals surface area (Å²) in [7, 11) is 1.53. The second kappa shape index (κ2) is 7.25. The van der Waals surface area contributed by atoms with Crippen LogP contribution in [0.25, 0.3) is 0 Å². The first-order chi connectivity index (χ1) is 10.7. The van der Waals surface area contributed by atoms with Crippen molar-refractivity contribution in [3.8, 4) is 11.8 Å². The van der Waals surface area contributed by atoms with Crippen LogP contribution in [0.5, 0.6) is 5.75 Å². The van der Waals surface area contributed by atoms with Crippen LogP contribution in [0.15, 0.2) is 53.6 Å². The molecule has 0 fully saturated rings. The molecule has 22 heavy (non-hydrogen) atoms. The minimum absolute atomic E-state index is 0.259. The quantitative estimate of drug-likeness (QED) is 0.520. The van der Waals surface area contributed by atoms with E-state index in [1.54, 1.807) is 54.6 Å². The fourth-order valence-electron chi connectivity index (χ4n) is 1.67. The largest absolute Gasteiger partial charge is 0.497 e. The topological polar surface area (TPSA) is 74.5 Å². The molecule has 0 saturated heterocycles. The maximum absolute atomic E-state index is 12.2. The molecule has 0 saturated carbocycles. The molecular formula is C16H12ClN3O2. The lowest BCUT2D eigenvalue weighted by atomic mass is 10.1. The number of hydrogen-bond acceptors (Lipinski definition) is 5. The molecular weight excluding hydrogens is 302 g/mol. The fraction of sp³-hybridized carbons (Fsp3) is 0.0625. The number of ketones is 1. The molecule has 0 heterocycles. The Labute approximate surface area is 132 Å². The molecule has 2 rings (SSSR count). The summed E-state index contributed by atoms with van der Waals surface area (Å²) in [5.41, 5.74) is 3.23. The number of anilines is 1. The number of Topliss-reactive ketones (excluding diaryl/α,β-unsaturated/α-hetero) is 1. The van der Waals surface area contributed by atoms with Crippen LogP contribution >= 0.6 is 11.6 Å². The van der Waals surface area contributed by atoms with Crippen molar-refractivity contribution in [2.45, 2.75) is 0 Å². The Morgan fingerprint density at radius 1 is 1.23 bits per heavy atom. The predicted molar refractivity (Wildman–Crippen MR) is 85.4 cm³/mol. The van der Waals surface area contributed by atoms with Gasteiger partial charge in [0.15, 0.2) is 0 Å². The number of benzene rings is 2. The van der Waals surface area contributed by atoms with Crippen LogP contribution in [0.3, 0.4) is 0 Å². The van der Waals surface area contributed by atoms with Crippen LogP contribution in [0.2, 0.25) is 5.02 Å². The first kappa shape index (κ1) is 15.5. The van der Waals surface area contributed by atoms with Gasteiger partial charge in [-0.15, -0.1) is 0 Å². The standard InChI is InChI=1S/C16H12ClN3O2/c1-22-12-8-6-11(7-9-12)16(21)15(10-18)20-19-14-5-3-2-4-13(14)17/h2-9,19H,1H3. The molecule has 0 amide bonds. The maximum atomic E-state index is 12.2. The molecule has 2 aromatic carbocycles. The van der Waals surface area contributed by atoms with E-state index in [0.717, 1.165) is 0 Å². The molecule has 110 valence electrons. The highest BCUT2D eigenvalue weighted by Crippen LogP contribution is 2.20. The van der Waals surface area contributed by atoms with Crippen molar-refractivity contribution in [1.82, 2.24) is 0 Å². The van der Waals surface area contributed by atoms with Gasteiger partial charge in [0.1, 0.15) is 11.8 Å². The van der Waals surface area contributed by atoms with Crippen molar-refractivity contribution in [3.05, 3.63) is 59.1 Å². The normalized spacial score (nSPS) is 10.7. The number of rotatable bonds is 5. The Morgan fingerprint density at radius 3 is 2.50 bits per heavy atom. The van der Waals surface area contributed by atoms with Gasteiger partial charge in [-0.3, -0.25) is 10.2 Å². The van der Waals surface area contributed by atoms with Crippen LogP contribution in [0.1, 0.15) is 10.4 Å². The number of nitrogens with zero attached hydrogens (tertiary/aromatic N) is 2. The van der Waals surface area contributed by atoms with E-state index in [1.165, 1.54) is 7.11 Å². The van der Waals surface area contributed by atoms with E-state index in [4.69, 9.17) is 21.6 Å². The molecule has 0 atom stereocenters. The molecule has 2 aromatic rings. The lowest BCUT2D eigenvalue weighted by molar-refractivity contribution is 0.106. The number of ether oxygens (including phenoxy) is 1. The van der Waals surface area contributed by atoms with E-state index < -0.39 is 5.78 Å². The molecule has 0 aliphatic rings. The van der Waals surface area contributed by atoms with Crippen molar-refractivity contribution in [2.24, 2.45) is 5.10 Å². The highest BCUT2D eigenvalue weighted by atomic mass is 35.5. The van der Waals surface area contributed by atoms with Crippen molar-refractivity contribution in [3.63, 3.8) is 0 Å². The SMILES string of the molecule is COc1ccc(C(=O)C(C#N)=NNc2ccccc2Cl)cc1. The third-order valence-electron chi connectivity index (χ3n) is 2.84. The summed E-state index contributed by atoms with van der Waals surface area (Å²) in [5, 5.41) is 13.4. The Balaban J connectivity index is 2.20. The third-order valence-corrected chi connectivity index (χ3v) is 3.16. The average molecular weight is 314 g/mol. The minimum Gasteiger partial charge on any atom is -0.497 e. The summed E-state index contributed by atoms with van der Waals surface area (Å²) in [5.74, 6) is 0.144. The summed E-state index contributed by atoms with van der Waals surface area (Å²) in [6.45, 7) is 0. The van der Waals surface area contributed by atoms with Crippen LogP contribution in [-0.2, 0) is 0 Å². The van der Waals surface area contributed by atoms with E-state index in [1.807, 2.05) is 0 Å². The number of carbonyl (C=O) groups is 1. The molecule has 0 aliphatic heterocycles. The summed E-state index contributed by atoms with van der Waals surface area (Å²) < 4.78 is 5.02. The molecule has 0 aliphatic carbocycles. The van der Waals surface area contributed by atoms with E-state index in [9.17, 15) is 4.79 Å². The highest BCUT2D eigenvalue weighted by molar-refractivity contribution is 6.51. The van der Waals surface area contributed by atoms with Gasteiger partial charge in [0.05, 0.1) is 17.8 Å². The number of hydrogen-bond donors (Lipinski definition) is 1. The van der Waals surface area contributed by atoms with Crippen LogP contribution in [0.4, 0.5) is 5.69 Å². The maximum Gasteiger partial charge on any atom is 0.223 e. The summed E-state index contributed by atoms with van der Waals surface area (Å²) in [6, 6.07) is 15.1. The second-order valence-electron chi connectivity index (χ2n) is 4.22. The molecule has 0 bridgehead atoms. The number of hydrazone groups is 1. The van der Waals surface area contributed by atoms with Gasteiger partial charge in [0.2, 0.25) is 11.5 Å².